The van der Waals surface area contributed by atoms with E-state index >= 15 is 0 Å². The summed E-state index contributed by atoms with van der Waals surface area (Å²) in [7, 11) is 0. The van der Waals surface area contributed by atoms with Gasteiger partial charge in [-0.1, -0.05) is 6.58 Å². The van der Waals surface area contributed by atoms with Crippen molar-refractivity contribution < 1.29 is 29.3 Å². The molecular weight excluding hydrogens is 300 g/mol. The van der Waals surface area contributed by atoms with E-state index in [0.29, 0.717) is 16.7 Å². The molecule has 0 saturated carbocycles. The van der Waals surface area contributed by atoms with Crippen molar-refractivity contribution >= 4 is 16.9 Å². The Morgan fingerprint density at radius 2 is 1.78 bits per heavy atom. The van der Waals surface area contributed by atoms with Crippen molar-refractivity contribution in [1.82, 2.24) is 0 Å². The summed E-state index contributed by atoms with van der Waals surface area (Å²) in [5.74, 6) is -0.794. The molecule has 1 heterocycles. The molecule has 23 heavy (non-hydrogen) atoms. The van der Waals surface area contributed by atoms with E-state index in [1.54, 1.807) is 12.1 Å². The van der Waals surface area contributed by atoms with Gasteiger partial charge in [0.05, 0.1) is 5.39 Å². The summed E-state index contributed by atoms with van der Waals surface area (Å²) in [6.45, 7) is 3.32. The number of phenols is 3. The standard InChI is InChI=1S/C17H12O6/c1-2-16(21)22-14-6-5-11(18)10-8-15(23-17(10)14)9-3-4-12(19)13(20)7-9/h2-8,18-20H,1H2. The maximum atomic E-state index is 11.4. The molecular formula is C17H12O6. The lowest BCUT2D eigenvalue weighted by molar-refractivity contribution is -0.128. The van der Waals surface area contributed by atoms with Crippen LogP contribution in [0.2, 0.25) is 0 Å². The smallest absolute Gasteiger partial charge is 0.335 e. The summed E-state index contributed by atoms with van der Waals surface area (Å²) in [5, 5.41) is 29.2. The van der Waals surface area contributed by atoms with Gasteiger partial charge in [-0.3, -0.25) is 0 Å². The molecule has 0 aliphatic heterocycles. The van der Waals surface area contributed by atoms with Crippen LogP contribution in [0.4, 0.5) is 0 Å². The number of esters is 1. The van der Waals surface area contributed by atoms with Crippen LogP contribution in [0.15, 0.2) is 53.5 Å². The Bertz CT molecular complexity index is 922. The van der Waals surface area contributed by atoms with E-state index in [1.807, 2.05) is 0 Å². The maximum absolute atomic E-state index is 11.4. The molecule has 3 N–H and O–H groups in total. The SMILES string of the molecule is C=CC(=O)Oc1ccc(O)c2cc(-c3ccc(O)c(O)c3)oc12. The van der Waals surface area contributed by atoms with Gasteiger partial charge in [0, 0.05) is 11.6 Å². The van der Waals surface area contributed by atoms with Crippen LogP contribution in [0.3, 0.4) is 0 Å². The number of hydrogen-bond acceptors (Lipinski definition) is 6. The second-order valence-electron chi connectivity index (χ2n) is 4.76. The lowest BCUT2D eigenvalue weighted by atomic mass is 10.1. The third-order valence-corrected chi connectivity index (χ3v) is 3.26. The van der Waals surface area contributed by atoms with Gasteiger partial charge < -0.3 is 24.5 Å². The van der Waals surface area contributed by atoms with Crippen LogP contribution in [0.1, 0.15) is 0 Å². The number of hydrogen-bond donors (Lipinski definition) is 3. The Kier molecular flexibility index (Phi) is 3.42. The minimum Gasteiger partial charge on any atom is -0.507 e. The largest absolute Gasteiger partial charge is 0.507 e. The molecule has 6 heteroatoms. The van der Waals surface area contributed by atoms with E-state index in [-0.39, 0.29) is 28.6 Å². The van der Waals surface area contributed by atoms with Crippen molar-refractivity contribution in [2.24, 2.45) is 0 Å². The summed E-state index contributed by atoms with van der Waals surface area (Å²) in [6.07, 6.45) is 1.01. The molecule has 0 bridgehead atoms. The zero-order valence-electron chi connectivity index (χ0n) is 11.8. The van der Waals surface area contributed by atoms with E-state index < -0.39 is 5.97 Å². The normalized spacial score (nSPS) is 10.6. The monoisotopic (exact) mass is 312 g/mol. The number of aromatic hydroxyl groups is 3. The first kappa shape index (κ1) is 14.5. The Hall–Kier alpha value is -3.41. The molecule has 6 nitrogen and oxygen atoms in total. The first-order valence-corrected chi connectivity index (χ1v) is 6.61. The molecule has 116 valence electrons. The van der Waals surface area contributed by atoms with Crippen LogP contribution >= 0.6 is 0 Å². The van der Waals surface area contributed by atoms with Crippen molar-refractivity contribution in [2.75, 3.05) is 0 Å². The number of ether oxygens (including phenoxy) is 1. The fourth-order valence-corrected chi connectivity index (χ4v) is 2.13. The van der Waals surface area contributed by atoms with Gasteiger partial charge in [-0.15, -0.1) is 0 Å². The second kappa shape index (κ2) is 5.42. The van der Waals surface area contributed by atoms with Crippen LogP contribution in [0.25, 0.3) is 22.3 Å². The molecule has 3 rings (SSSR count). The zero-order valence-corrected chi connectivity index (χ0v) is 11.8. The predicted octanol–water partition coefficient (Wildman–Crippen LogP) is 3.31. The minimum atomic E-state index is -0.655. The van der Waals surface area contributed by atoms with Gasteiger partial charge in [0.2, 0.25) is 0 Å². The number of carbonyl (C=O) groups is 1. The van der Waals surface area contributed by atoms with E-state index in [2.05, 4.69) is 6.58 Å². The number of phenolic OH excluding ortho intramolecular Hbond substituents is 3. The fraction of sp³-hybridized carbons (Fsp3) is 0. The summed E-state index contributed by atoms with van der Waals surface area (Å²) in [5.41, 5.74) is 0.666. The Morgan fingerprint density at radius 1 is 1.04 bits per heavy atom. The van der Waals surface area contributed by atoms with Crippen LogP contribution in [-0.2, 0) is 4.79 Å². The molecule has 0 unspecified atom stereocenters. The van der Waals surface area contributed by atoms with Crippen LogP contribution in [-0.4, -0.2) is 21.3 Å². The number of benzene rings is 2. The van der Waals surface area contributed by atoms with Crippen molar-refractivity contribution in [3.63, 3.8) is 0 Å². The molecule has 0 aliphatic carbocycles. The highest BCUT2D eigenvalue weighted by Crippen LogP contribution is 2.39. The van der Waals surface area contributed by atoms with Gasteiger partial charge in [-0.2, -0.15) is 0 Å². The highest BCUT2D eigenvalue weighted by molar-refractivity contribution is 5.94. The minimum absolute atomic E-state index is 0.0450. The topological polar surface area (TPSA) is 100 Å². The first-order valence-electron chi connectivity index (χ1n) is 6.61. The van der Waals surface area contributed by atoms with E-state index in [0.717, 1.165) is 6.08 Å². The maximum Gasteiger partial charge on any atom is 0.335 e. The van der Waals surface area contributed by atoms with Gasteiger partial charge in [-0.25, -0.2) is 4.79 Å². The summed E-state index contributed by atoms with van der Waals surface area (Å²) in [4.78, 5) is 11.4. The van der Waals surface area contributed by atoms with Gasteiger partial charge in [0.1, 0.15) is 11.5 Å². The molecule has 0 radical (unpaired) electrons. The Labute approximate surface area is 130 Å². The number of carbonyl (C=O) groups excluding carboxylic acids is 1. The number of rotatable bonds is 3. The van der Waals surface area contributed by atoms with Crippen molar-refractivity contribution in [3.05, 3.63) is 49.1 Å². The Balaban J connectivity index is 2.15. The lowest BCUT2D eigenvalue weighted by Crippen LogP contribution is -2.02. The lowest BCUT2D eigenvalue weighted by Gasteiger charge is -2.03. The van der Waals surface area contributed by atoms with Gasteiger partial charge in [0.15, 0.2) is 22.8 Å². The highest BCUT2D eigenvalue weighted by atomic mass is 16.5. The quantitative estimate of drug-likeness (QED) is 0.297. The molecule has 0 amide bonds. The van der Waals surface area contributed by atoms with Crippen molar-refractivity contribution in [2.45, 2.75) is 0 Å². The fourth-order valence-electron chi connectivity index (χ4n) is 2.13. The van der Waals surface area contributed by atoms with Crippen molar-refractivity contribution in [3.8, 4) is 34.3 Å². The van der Waals surface area contributed by atoms with Crippen molar-refractivity contribution in [1.29, 1.82) is 0 Å². The average molecular weight is 312 g/mol. The molecule has 0 aliphatic rings. The molecule has 0 saturated heterocycles. The van der Waals surface area contributed by atoms with Crippen LogP contribution in [0.5, 0.6) is 23.0 Å². The van der Waals surface area contributed by atoms with Gasteiger partial charge in [-0.05, 0) is 36.4 Å². The average Bonchev–Trinajstić information content (AvgIpc) is 2.99. The van der Waals surface area contributed by atoms with Crippen LogP contribution < -0.4 is 4.74 Å². The summed E-state index contributed by atoms with van der Waals surface area (Å²) < 4.78 is 10.7. The van der Waals surface area contributed by atoms with Gasteiger partial charge in [0.25, 0.3) is 0 Å². The molecule has 0 spiro atoms. The van der Waals surface area contributed by atoms with E-state index in [4.69, 9.17) is 9.15 Å². The molecule has 3 aromatic rings. The van der Waals surface area contributed by atoms with E-state index in [1.165, 1.54) is 24.3 Å². The second-order valence-corrected chi connectivity index (χ2v) is 4.76. The predicted molar refractivity (Wildman–Crippen MR) is 82.5 cm³/mol. The third kappa shape index (κ3) is 2.57. The van der Waals surface area contributed by atoms with Crippen LogP contribution in [0, 0.1) is 0 Å². The molecule has 1 aromatic heterocycles. The summed E-state index contributed by atoms with van der Waals surface area (Å²) in [6, 6.07) is 8.50. The van der Waals surface area contributed by atoms with Gasteiger partial charge >= 0.3 is 5.97 Å². The molecule has 0 fully saturated rings. The Morgan fingerprint density at radius 3 is 2.48 bits per heavy atom. The van der Waals surface area contributed by atoms with E-state index in [9.17, 15) is 20.1 Å². The molecule has 2 aromatic carbocycles. The number of furan rings is 1. The molecule has 0 atom stereocenters. The third-order valence-electron chi connectivity index (χ3n) is 3.26. The highest BCUT2D eigenvalue weighted by Gasteiger charge is 2.16. The number of fused-ring (bicyclic) bond motifs is 1. The summed E-state index contributed by atoms with van der Waals surface area (Å²) >= 11 is 0. The first-order chi connectivity index (χ1) is 11.0. The zero-order chi connectivity index (χ0) is 16.6.